The van der Waals surface area contributed by atoms with Gasteiger partial charge in [-0.2, -0.15) is 0 Å². The number of thioether (sulfide) groups is 1. The van der Waals surface area contributed by atoms with Gasteiger partial charge in [-0.1, -0.05) is 79.3 Å². The number of hydrogen-bond acceptors (Lipinski definition) is 3. The zero-order chi connectivity index (χ0) is 13.8. The molecule has 0 saturated heterocycles. The van der Waals surface area contributed by atoms with Gasteiger partial charge in [0, 0.05) is 0 Å². The second-order valence-corrected chi connectivity index (χ2v) is 6.01. The molecule has 3 rings (SSSR count). The van der Waals surface area contributed by atoms with Crippen LogP contribution in [0.15, 0.2) is 65.7 Å². The Morgan fingerprint density at radius 3 is 2.10 bits per heavy atom. The quantitative estimate of drug-likeness (QED) is 0.736. The fourth-order valence-corrected chi connectivity index (χ4v) is 3.18. The number of rotatable bonds is 3. The molecule has 1 aliphatic rings. The van der Waals surface area contributed by atoms with E-state index in [1.54, 1.807) is 11.8 Å². The van der Waals surface area contributed by atoms with E-state index < -0.39 is 0 Å². The smallest absolute Gasteiger partial charge is 0.157 e. The van der Waals surface area contributed by atoms with Gasteiger partial charge in [0.2, 0.25) is 0 Å². The van der Waals surface area contributed by atoms with Crippen LogP contribution in [0.4, 0.5) is 0 Å². The third kappa shape index (κ3) is 3.80. The summed E-state index contributed by atoms with van der Waals surface area (Å²) >= 11 is 1.77. The summed E-state index contributed by atoms with van der Waals surface area (Å²) in [5.74, 6) is 1.04. The predicted molar refractivity (Wildman–Crippen MR) is 102 cm³/mol. The molecule has 0 fully saturated rings. The van der Waals surface area contributed by atoms with Crippen LogP contribution in [0.2, 0.25) is 0 Å². The number of aliphatic imine (C=N–C) groups is 1. The monoisotopic (exact) mass is 410 g/mol. The Kier molecular flexibility index (Phi) is 6.11. The van der Waals surface area contributed by atoms with E-state index >= 15 is 0 Å². The molecular formula is C17H19IN2S. The minimum atomic E-state index is 0. The van der Waals surface area contributed by atoms with Crippen molar-refractivity contribution >= 4 is 40.9 Å². The van der Waals surface area contributed by atoms with E-state index in [-0.39, 0.29) is 36.1 Å². The Balaban J connectivity index is 0.00000161. The highest BCUT2D eigenvalue weighted by Gasteiger charge is 2.30. The van der Waals surface area contributed by atoms with Crippen molar-refractivity contribution in [3.63, 3.8) is 0 Å². The maximum atomic E-state index is 4.87. The fraction of sp³-hybridized carbons (Fsp3) is 0.235. The lowest BCUT2D eigenvalue weighted by Crippen LogP contribution is -2.22. The van der Waals surface area contributed by atoms with Crippen molar-refractivity contribution in [3.05, 3.63) is 71.8 Å². The zero-order valence-corrected chi connectivity index (χ0v) is 15.0. The summed E-state index contributed by atoms with van der Waals surface area (Å²) in [5.41, 5.74) is 2.55. The van der Waals surface area contributed by atoms with Crippen LogP contribution in [0.25, 0.3) is 0 Å². The molecule has 0 spiro atoms. The fourth-order valence-electron chi connectivity index (χ4n) is 2.51. The summed E-state index contributed by atoms with van der Waals surface area (Å²) in [6, 6.07) is 21.5. The summed E-state index contributed by atoms with van der Waals surface area (Å²) in [6.07, 6.45) is 0. The Labute approximate surface area is 147 Å². The van der Waals surface area contributed by atoms with Crippen molar-refractivity contribution < 1.29 is 0 Å². The van der Waals surface area contributed by atoms with E-state index in [1.807, 2.05) is 0 Å². The first-order valence-electron chi connectivity index (χ1n) is 6.95. The molecule has 0 saturated carbocycles. The van der Waals surface area contributed by atoms with Crippen LogP contribution in [-0.4, -0.2) is 10.9 Å². The van der Waals surface area contributed by atoms with Gasteiger partial charge >= 0.3 is 0 Å². The maximum absolute atomic E-state index is 4.87. The van der Waals surface area contributed by atoms with Crippen LogP contribution in [0.5, 0.6) is 0 Å². The van der Waals surface area contributed by atoms with E-state index in [0.717, 1.165) is 10.9 Å². The third-order valence-corrected chi connectivity index (χ3v) is 4.22. The first-order chi connectivity index (χ1) is 9.88. The minimum absolute atomic E-state index is 0. The lowest BCUT2D eigenvalue weighted by molar-refractivity contribution is 0.573. The molecule has 0 amide bonds. The summed E-state index contributed by atoms with van der Waals surface area (Å²) in [4.78, 5) is 4.87. The normalized spacial score (nSPS) is 20.3. The Hall–Kier alpha value is -1.01. The number of amidine groups is 1. The molecule has 2 nitrogen and oxygen atoms in total. The van der Waals surface area contributed by atoms with Gasteiger partial charge in [-0.05, 0) is 16.9 Å². The number of hydrogen-bond donors (Lipinski definition) is 1. The van der Waals surface area contributed by atoms with Crippen LogP contribution in [0.3, 0.4) is 0 Å². The molecule has 2 atom stereocenters. The van der Waals surface area contributed by atoms with Crippen LogP contribution >= 0.6 is 35.7 Å². The number of benzene rings is 2. The van der Waals surface area contributed by atoms with Crippen molar-refractivity contribution in [2.24, 2.45) is 4.99 Å². The molecule has 2 aromatic rings. The average Bonchev–Trinajstić information content (AvgIpc) is 2.93. The van der Waals surface area contributed by atoms with Gasteiger partial charge in [0.05, 0.1) is 6.04 Å². The van der Waals surface area contributed by atoms with Crippen molar-refractivity contribution in [3.8, 4) is 0 Å². The molecule has 2 aromatic carbocycles. The van der Waals surface area contributed by atoms with Gasteiger partial charge in [0.1, 0.15) is 6.04 Å². The third-order valence-electron chi connectivity index (χ3n) is 3.43. The summed E-state index contributed by atoms with van der Waals surface area (Å²) < 4.78 is 0. The summed E-state index contributed by atoms with van der Waals surface area (Å²) in [6.45, 7) is 2.15. The molecule has 4 heteroatoms. The minimum Gasteiger partial charge on any atom is -0.356 e. The van der Waals surface area contributed by atoms with E-state index in [0.29, 0.717) is 0 Å². The Morgan fingerprint density at radius 2 is 1.52 bits per heavy atom. The van der Waals surface area contributed by atoms with Crippen LogP contribution in [0.1, 0.15) is 30.1 Å². The molecule has 0 aliphatic carbocycles. The van der Waals surface area contributed by atoms with Crippen molar-refractivity contribution in [1.82, 2.24) is 5.32 Å². The SMILES string of the molecule is CCSC1=N[C@H](c2ccccc2)[C@@H](c2ccccc2)N1.I. The van der Waals surface area contributed by atoms with E-state index in [1.165, 1.54) is 11.1 Å². The predicted octanol–water partition coefficient (Wildman–Crippen LogP) is 4.80. The summed E-state index contributed by atoms with van der Waals surface area (Å²) in [5, 5.41) is 4.62. The number of halogens is 1. The highest BCUT2D eigenvalue weighted by atomic mass is 127. The molecule has 0 aromatic heterocycles. The van der Waals surface area contributed by atoms with E-state index in [4.69, 9.17) is 4.99 Å². The van der Waals surface area contributed by atoms with Crippen LogP contribution in [-0.2, 0) is 0 Å². The Bertz CT molecular complexity index is 586. The lowest BCUT2D eigenvalue weighted by atomic mass is 9.95. The molecule has 0 unspecified atom stereocenters. The topological polar surface area (TPSA) is 24.4 Å². The molecule has 0 radical (unpaired) electrons. The molecule has 1 N–H and O–H groups in total. The second-order valence-electron chi connectivity index (χ2n) is 4.76. The first-order valence-corrected chi connectivity index (χ1v) is 7.94. The highest BCUT2D eigenvalue weighted by Crippen LogP contribution is 2.37. The van der Waals surface area contributed by atoms with Gasteiger partial charge in [-0.25, -0.2) is 0 Å². The zero-order valence-electron chi connectivity index (χ0n) is 11.9. The highest BCUT2D eigenvalue weighted by molar-refractivity contribution is 14.0. The molecule has 0 bridgehead atoms. The van der Waals surface area contributed by atoms with Crippen molar-refractivity contribution in [2.75, 3.05) is 5.75 Å². The first kappa shape index (κ1) is 16.4. The number of nitrogens with one attached hydrogen (secondary N) is 1. The Morgan fingerprint density at radius 1 is 0.952 bits per heavy atom. The molecule has 21 heavy (non-hydrogen) atoms. The van der Waals surface area contributed by atoms with Gasteiger partial charge in [0.15, 0.2) is 5.17 Å². The van der Waals surface area contributed by atoms with Crippen molar-refractivity contribution in [1.29, 1.82) is 0 Å². The van der Waals surface area contributed by atoms with Gasteiger partial charge < -0.3 is 5.32 Å². The lowest BCUT2D eigenvalue weighted by Gasteiger charge is -2.19. The standard InChI is InChI=1S/C17H18N2S.HI/c1-2-20-17-18-15(13-9-5-3-6-10-13)16(19-17)14-11-7-4-8-12-14;/h3-12,15-16H,2H2,1H3,(H,18,19);1H/t15-,16-;/m1./s1. The summed E-state index contributed by atoms with van der Waals surface area (Å²) in [7, 11) is 0. The maximum Gasteiger partial charge on any atom is 0.157 e. The largest absolute Gasteiger partial charge is 0.356 e. The van der Waals surface area contributed by atoms with E-state index in [9.17, 15) is 0 Å². The van der Waals surface area contributed by atoms with Gasteiger partial charge in [-0.15, -0.1) is 24.0 Å². The van der Waals surface area contributed by atoms with Crippen LogP contribution in [0, 0.1) is 0 Å². The molecular weight excluding hydrogens is 391 g/mol. The van der Waals surface area contributed by atoms with Crippen LogP contribution < -0.4 is 5.32 Å². The van der Waals surface area contributed by atoms with Gasteiger partial charge in [-0.3, -0.25) is 4.99 Å². The van der Waals surface area contributed by atoms with E-state index in [2.05, 4.69) is 72.9 Å². The molecule has 1 aliphatic heterocycles. The molecule has 1 heterocycles. The van der Waals surface area contributed by atoms with Crippen molar-refractivity contribution in [2.45, 2.75) is 19.0 Å². The number of nitrogens with zero attached hydrogens (tertiary/aromatic N) is 1. The van der Waals surface area contributed by atoms with Gasteiger partial charge in [0.25, 0.3) is 0 Å². The second kappa shape index (κ2) is 7.84. The average molecular weight is 410 g/mol. The molecule has 110 valence electrons.